The summed E-state index contributed by atoms with van der Waals surface area (Å²) in [6.07, 6.45) is 0.813. The van der Waals surface area contributed by atoms with Crippen LogP contribution in [-0.2, 0) is 9.59 Å². The normalized spacial score (nSPS) is 19.8. The molecule has 0 spiro atoms. The summed E-state index contributed by atoms with van der Waals surface area (Å²) in [4.78, 5) is 25.6. The number of nitrogens with zero attached hydrogens (tertiary/aromatic N) is 1. The highest BCUT2D eigenvalue weighted by Crippen LogP contribution is 2.28. The Morgan fingerprint density at radius 1 is 1.48 bits per heavy atom. The Kier molecular flexibility index (Phi) is 4.45. The van der Waals surface area contributed by atoms with Crippen molar-refractivity contribution in [1.82, 2.24) is 4.90 Å². The van der Waals surface area contributed by atoms with Gasteiger partial charge in [-0.1, -0.05) is 6.92 Å². The van der Waals surface area contributed by atoms with E-state index < -0.39 is 11.9 Å². The van der Waals surface area contributed by atoms with E-state index in [0.717, 1.165) is 0 Å². The molecule has 1 aliphatic heterocycles. The standard InChI is InChI=1S/C15H19FN2O3/c1-4-9(2)18-14(19)8-12(15(18)20)17-11-6-5-10(16)7-13(11)21-3/h5-7,9,12,17H,4,8H2,1-3H3. The summed E-state index contributed by atoms with van der Waals surface area (Å²) in [5.74, 6) is -0.557. The number of benzene rings is 1. The molecule has 1 aromatic rings. The lowest BCUT2D eigenvalue weighted by atomic mass is 10.2. The monoisotopic (exact) mass is 294 g/mol. The number of carbonyl (C=O) groups is 2. The molecule has 1 saturated heterocycles. The number of amides is 2. The van der Waals surface area contributed by atoms with E-state index in [2.05, 4.69) is 5.32 Å². The second-order valence-electron chi connectivity index (χ2n) is 5.10. The van der Waals surface area contributed by atoms with Gasteiger partial charge in [0.25, 0.3) is 5.91 Å². The van der Waals surface area contributed by atoms with Crippen LogP contribution in [0.25, 0.3) is 0 Å². The number of halogens is 1. The average molecular weight is 294 g/mol. The summed E-state index contributed by atoms with van der Waals surface area (Å²) in [6.45, 7) is 3.77. The van der Waals surface area contributed by atoms with E-state index in [1.54, 1.807) is 0 Å². The van der Waals surface area contributed by atoms with Crippen molar-refractivity contribution in [1.29, 1.82) is 0 Å². The number of hydrogen-bond donors (Lipinski definition) is 1. The third-order valence-corrected chi connectivity index (χ3v) is 3.71. The van der Waals surface area contributed by atoms with Crippen LogP contribution in [0.1, 0.15) is 26.7 Å². The van der Waals surface area contributed by atoms with E-state index >= 15 is 0 Å². The minimum Gasteiger partial charge on any atom is -0.494 e. The number of hydrogen-bond acceptors (Lipinski definition) is 4. The topological polar surface area (TPSA) is 58.6 Å². The van der Waals surface area contributed by atoms with Gasteiger partial charge >= 0.3 is 0 Å². The number of carbonyl (C=O) groups excluding carboxylic acids is 2. The molecule has 21 heavy (non-hydrogen) atoms. The van der Waals surface area contributed by atoms with Gasteiger partial charge in [-0.15, -0.1) is 0 Å². The predicted octanol–water partition coefficient (Wildman–Crippen LogP) is 2.17. The van der Waals surface area contributed by atoms with Gasteiger partial charge in [-0.2, -0.15) is 0 Å². The molecule has 0 saturated carbocycles. The molecule has 114 valence electrons. The molecule has 1 heterocycles. The van der Waals surface area contributed by atoms with Crippen molar-refractivity contribution in [3.8, 4) is 5.75 Å². The zero-order valence-electron chi connectivity index (χ0n) is 12.4. The van der Waals surface area contributed by atoms with E-state index in [0.29, 0.717) is 17.9 Å². The Labute approximate surface area is 123 Å². The van der Waals surface area contributed by atoms with Gasteiger partial charge in [-0.25, -0.2) is 4.39 Å². The summed E-state index contributed by atoms with van der Waals surface area (Å²) in [6, 6.07) is 3.25. The quantitative estimate of drug-likeness (QED) is 0.846. The van der Waals surface area contributed by atoms with Crippen LogP contribution >= 0.6 is 0 Å². The fourth-order valence-corrected chi connectivity index (χ4v) is 2.38. The number of ether oxygens (including phenoxy) is 1. The number of nitrogens with one attached hydrogen (secondary N) is 1. The van der Waals surface area contributed by atoms with Crippen molar-refractivity contribution in [2.75, 3.05) is 12.4 Å². The van der Waals surface area contributed by atoms with Crippen molar-refractivity contribution < 1.29 is 18.7 Å². The largest absolute Gasteiger partial charge is 0.494 e. The van der Waals surface area contributed by atoms with E-state index in [1.165, 1.54) is 30.2 Å². The Balaban J connectivity index is 2.18. The molecule has 1 aliphatic rings. The molecule has 0 aliphatic carbocycles. The smallest absolute Gasteiger partial charge is 0.252 e. The highest BCUT2D eigenvalue weighted by Gasteiger charge is 2.40. The van der Waals surface area contributed by atoms with Crippen LogP contribution in [0.15, 0.2) is 18.2 Å². The van der Waals surface area contributed by atoms with Gasteiger partial charge in [-0.05, 0) is 25.5 Å². The van der Waals surface area contributed by atoms with E-state index in [1.807, 2.05) is 13.8 Å². The maximum atomic E-state index is 13.2. The summed E-state index contributed by atoms with van der Waals surface area (Å²) in [7, 11) is 1.42. The van der Waals surface area contributed by atoms with Gasteiger partial charge < -0.3 is 10.1 Å². The predicted molar refractivity (Wildman–Crippen MR) is 76.6 cm³/mol. The van der Waals surface area contributed by atoms with Crippen LogP contribution in [0.3, 0.4) is 0 Å². The second kappa shape index (κ2) is 6.11. The molecule has 2 amide bonds. The lowest BCUT2D eigenvalue weighted by Crippen LogP contribution is -2.40. The van der Waals surface area contributed by atoms with Crippen molar-refractivity contribution in [2.24, 2.45) is 0 Å². The minimum absolute atomic E-state index is 0.101. The summed E-state index contributed by atoms with van der Waals surface area (Å²) < 4.78 is 18.2. The van der Waals surface area contributed by atoms with Crippen molar-refractivity contribution in [2.45, 2.75) is 38.8 Å². The summed E-state index contributed by atoms with van der Waals surface area (Å²) in [5.41, 5.74) is 0.496. The van der Waals surface area contributed by atoms with E-state index in [-0.39, 0.29) is 24.3 Å². The first-order valence-corrected chi connectivity index (χ1v) is 6.93. The maximum absolute atomic E-state index is 13.2. The Morgan fingerprint density at radius 2 is 2.19 bits per heavy atom. The molecular weight excluding hydrogens is 275 g/mol. The molecule has 5 nitrogen and oxygen atoms in total. The Morgan fingerprint density at radius 3 is 2.81 bits per heavy atom. The van der Waals surface area contributed by atoms with Crippen molar-refractivity contribution in [3.63, 3.8) is 0 Å². The zero-order chi connectivity index (χ0) is 15.6. The third kappa shape index (κ3) is 2.99. The molecule has 1 aromatic carbocycles. The fraction of sp³-hybridized carbons (Fsp3) is 0.467. The molecule has 6 heteroatoms. The SMILES string of the molecule is CCC(C)N1C(=O)CC(Nc2ccc(F)cc2OC)C1=O. The van der Waals surface area contributed by atoms with Crippen molar-refractivity contribution in [3.05, 3.63) is 24.0 Å². The Hall–Kier alpha value is -2.11. The van der Waals surface area contributed by atoms with Crippen molar-refractivity contribution >= 4 is 17.5 Å². The van der Waals surface area contributed by atoms with Crippen LogP contribution in [0, 0.1) is 5.82 Å². The molecule has 1 N–H and O–H groups in total. The molecule has 2 atom stereocenters. The van der Waals surface area contributed by atoms with Gasteiger partial charge in [0.05, 0.1) is 19.2 Å². The first-order valence-electron chi connectivity index (χ1n) is 6.93. The average Bonchev–Trinajstić information content (AvgIpc) is 2.74. The van der Waals surface area contributed by atoms with Gasteiger partial charge in [0.15, 0.2) is 0 Å². The first-order chi connectivity index (χ1) is 9.97. The lowest BCUT2D eigenvalue weighted by molar-refractivity contribution is -0.140. The van der Waals surface area contributed by atoms with Gasteiger partial charge in [0, 0.05) is 12.1 Å². The maximum Gasteiger partial charge on any atom is 0.252 e. The number of likely N-dealkylation sites (tertiary alicyclic amines) is 1. The van der Waals surface area contributed by atoms with Crippen LogP contribution < -0.4 is 10.1 Å². The molecular formula is C15H19FN2O3. The highest BCUT2D eigenvalue weighted by molar-refractivity contribution is 6.07. The number of rotatable bonds is 5. The van der Waals surface area contributed by atoms with Crippen LogP contribution in [0.4, 0.5) is 10.1 Å². The van der Waals surface area contributed by atoms with Gasteiger partial charge in [0.1, 0.15) is 17.6 Å². The zero-order valence-corrected chi connectivity index (χ0v) is 12.4. The first kappa shape index (κ1) is 15.3. The van der Waals surface area contributed by atoms with E-state index in [9.17, 15) is 14.0 Å². The van der Waals surface area contributed by atoms with Gasteiger partial charge in [-0.3, -0.25) is 14.5 Å². The summed E-state index contributed by atoms with van der Waals surface area (Å²) >= 11 is 0. The van der Waals surface area contributed by atoms with Crippen LogP contribution in [-0.4, -0.2) is 35.9 Å². The molecule has 2 rings (SSSR count). The molecule has 0 aromatic heterocycles. The van der Waals surface area contributed by atoms with Crippen LogP contribution in [0.5, 0.6) is 5.75 Å². The molecule has 1 fully saturated rings. The minimum atomic E-state index is -0.633. The number of anilines is 1. The van der Waals surface area contributed by atoms with Gasteiger partial charge in [0.2, 0.25) is 5.91 Å². The molecule has 2 unspecified atom stereocenters. The lowest BCUT2D eigenvalue weighted by Gasteiger charge is -2.22. The van der Waals surface area contributed by atoms with Crippen LogP contribution in [0.2, 0.25) is 0 Å². The second-order valence-corrected chi connectivity index (χ2v) is 5.10. The summed E-state index contributed by atoms with van der Waals surface area (Å²) in [5, 5.41) is 2.97. The number of methoxy groups -OCH3 is 1. The highest BCUT2D eigenvalue weighted by atomic mass is 19.1. The third-order valence-electron chi connectivity index (χ3n) is 3.71. The number of imide groups is 1. The Bertz CT molecular complexity index is 562. The molecule has 0 radical (unpaired) electrons. The molecule has 0 bridgehead atoms. The van der Waals surface area contributed by atoms with E-state index in [4.69, 9.17) is 4.74 Å². The fourth-order valence-electron chi connectivity index (χ4n) is 2.38.